The molecular formula is C11H7ClF2N2O. The molecule has 2 rings (SSSR count). The smallest absolute Gasteiger partial charge is 0.287 e. The number of aromatic amines is 1. The van der Waals surface area contributed by atoms with Crippen molar-refractivity contribution in [3.63, 3.8) is 0 Å². The molecule has 0 saturated heterocycles. The van der Waals surface area contributed by atoms with E-state index in [1.165, 1.54) is 19.1 Å². The van der Waals surface area contributed by atoms with E-state index in [1.54, 1.807) is 0 Å². The maximum atomic E-state index is 13.1. The first kappa shape index (κ1) is 11.7. The molecule has 3 nitrogen and oxygen atoms in total. The van der Waals surface area contributed by atoms with Crippen molar-refractivity contribution in [1.82, 2.24) is 9.97 Å². The summed E-state index contributed by atoms with van der Waals surface area (Å²) in [5.41, 5.74) is -0.578. The van der Waals surface area contributed by atoms with E-state index in [0.717, 1.165) is 6.07 Å². The third kappa shape index (κ3) is 2.19. The average molecular weight is 257 g/mol. The molecule has 0 bridgehead atoms. The molecule has 1 N–H and O–H groups in total. The van der Waals surface area contributed by atoms with Gasteiger partial charge in [0.25, 0.3) is 5.56 Å². The van der Waals surface area contributed by atoms with Gasteiger partial charge in [-0.25, -0.2) is 9.37 Å². The van der Waals surface area contributed by atoms with Gasteiger partial charge in [0.2, 0.25) is 5.82 Å². The van der Waals surface area contributed by atoms with Crippen LogP contribution in [0.5, 0.6) is 0 Å². The molecule has 2 aromatic rings. The standard InChI is InChI=1S/C11H7ClF2N2O/c1-5-9(14)11(17)16-10(15-5)7-3-2-6(13)4-8(7)12/h2-4H,1H3,(H,15,16,17). The maximum Gasteiger partial charge on any atom is 0.287 e. The Balaban J connectivity index is 2.65. The van der Waals surface area contributed by atoms with E-state index >= 15 is 0 Å². The van der Waals surface area contributed by atoms with Gasteiger partial charge in [0.15, 0.2) is 0 Å². The summed E-state index contributed by atoms with van der Waals surface area (Å²) in [7, 11) is 0. The van der Waals surface area contributed by atoms with Crippen LogP contribution >= 0.6 is 11.6 Å². The van der Waals surface area contributed by atoms with Crippen molar-refractivity contribution < 1.29 is 8.78 Å². The largest absolute Gasteiger partial charge is 0.304 e. The molecule has 88 valence electrons. The topological polar surface area (TPSA) is 45.8 Å². The molecule has 0 radical (unpaired) electrons. The first-order chi connectivity index (χ1) is 7.99. The second-order valence-corrected chi connectivity index (χ2v) is 3.85. The molecular weight excluding hydrogens is 250 g/mol. The van der Waals surface area contributed by atoms with Crippen LogP contribution in [0.3, 0.4) is 0 Å². The number of benzene rings is 1. The van der Waals surface area contributed by atoms with E-state index in [0.29, 0.717) is 5.56 Å². The lowest BCUT2D eigenvalue weighted by atomic mass is 10.2. The Hall–Kier alpha value is -1.75. The van der Waals surface area contributed by atoms with E-state index < -0.39 is 17.2 Å². The number of hydrogen-bond donors (Lipinski definition) is 1. The van der Waals surface area contributed by atoms with Crippen LogP contribution in [-0.4, -0.2) is 9.97 Å². The number of hydrogen-bond acceptors (Lipinski definition) is 2. The predicted octanol–water partition coefficient (Wildman–Crippen LogP) is 2.68. The molecule has 1 aromatic carbocycles. The van der Waals surface area contributed by atoms with Crippen LogP contribution < -0.4 is 5.56 Å². The summed E-state index contributed by atoms with van der Waals surface area (Å²) in [4.78, 5) is 17.3. The minimum absolute atomic E-state index is 0.0378. The highest BCUT2D eigenvalue weighted by molar-refractivity contribution is 6.33. The second-order valence-electron chi connectivity index (χ2n) is 3.44. The predicted molar refractivity (Wildman–Crippen MR) is 60.0 cm³/mol. The summed E-state index contributed by atoms with van der Waals surface area (Å²) >= 11 is 5.81. The molecule has 0 spiro atoms. The molecule has 0 atom stereocenters. The Morgan fingerprint density at radius 2 is 2.06 bits per heavy atom. The average Bonchev–Trinajstić information content (AvgIpc) is 2.25. The third-order valence-corrected chi connectivity index (χ3v) is 2.53. The first-order valence-electron chi connectivity index (χ1n) is 4.71. The Morgan fingerprint density at radius 3 is 2.65 bits per heavy atom. The van der Waals surface area contributed by atoms with Gasteiger partial charge in [-0.05, 0) is 25.1 Å². The van der Waals surface area contributed by atoms with Crippen molar-refractivity contribution >= 4 is 11.6 Å². The van der Waals surface area contributed by atoms with Crippen molar-refractivity contribution in [2.24, 2.45) is 0 Å². The van der Waals surface area contributed by atoms with Crippen LogP contribution in [0, 0.1) is 18.6 Å². The van der Waals surface area contributed by atoms with E-state index in [9.17, 15) is 13.6 Å². The molecule has 0 saturated carbocycles. The highest BCUT2D eigenvalue weighted by Gasteiger charge is 2.11. The van der Waals surface area contributed by atoms with Crippen LogP contribution in [0.4, 0.5) is 8.78 Å². The van der Waals surface area contributed by atoms with Crippen molar-refractivity contribution in [2.45, 2.75) is 6.92 Å². The minimum Gasteiger partial charge on any atom is -0.304 e. The number of rotatable bonds is 1. The van der Waals surface area contributed by atoms with Crippen molar-refractivity contribution in [3.05, 3.63) is 50.9 Å². The van der Waals surface area contributed by atoms with Crippen LogP contribution in [0.15, 0.2) is 23.0 Å². The number of H-pyrrole nitrogens is 1. The maximum absolute atomic E-state index is 13.1. The van der Waals surface area contributed by atoms with Gasteiger partial charge in [0.05, 0.1) is 10.7 Å². The number of nitrogens with one attached hydrogen (secondary N) is 1. The zero-order valence-electron chi connectivity index (χ0n) is 8.72. The summed E-state index contributed by atoms with van der Waals surface area (Å²) in [5, 5.41) is 0.0964. The molecule has 6 heteroatoms. The monoisotopic (exact) mass is 256 g/mol. The van der Waals surface area contributed by atoms with Gasteiger partial charge in [0.1, 0.15) is 11.6 Å². The minimum atomic E-state index is -0.938. The van der Waals surface area contributed by atoms with Gasteiger partial charge in [0, 0.05) is 5.56 Å². The van der Waals surface area contributed by atoms with Crippen LogP contribution in [0.1, 0.15) is 5.69 Å². The van der Waals surface area contributed by atoms with Crippen LogP contribution in [0.2, 0.25) is 5.02 Å². The molecule has 17 heavy (non-hydrogen) atoms. The van der Waals surface area contributed by atoms with E-state index in [1.807, 2.05) is 0 Å². The lowest BCUT2D eigenvalue weighted by molar-refractivity contribution is 0.589. The molecule has 0 unspecified atom stereocenters. The molecule has 0 aliphatic rings. The molecule has 0 aliphatic carbocycles. The van der Waals surface area contributed by atoms with Gasteiger partial charge in [-0.3, -0.25) is 4.79 Å². The highest BCUT2D eigenvalue weighted by atomic mass is 35.5. The van der Waals surface area contributed by atoms with Gasteiger partial charge < -0.3 is 4.98 Å². The third-order valence-electron chi connectivity index (χ3n) is 2.21. The molecule has 1 heterocycles. The SMILES string of the molecule is Cc1nc(-c2ccc(F)cc2Cl)[nH]c(=O)c1F. The fraction of sp³-hybridized carbons (Fsp3) is 0.0909. The molecule has 1 aromatic heterocycles. The summed E-state index contributed by atoms with van der Waals surface area (Å²) in [6.45, 7) is 1.37. The van der Waals surface area contributed by atoms with E-state index in [4.69, 9.17) is 11.6 Å². The summed E-state index contributed by atoms with van der Waals surface area (Å²) < 4.78 is 25.9. The zero-order valence-corrected chi connectivity index (χ0v) is 9.48. The lowest BCUT2D eigenvalue weighted by Gasteiger charge is -2.04. The molecule has 0 amide bonds. The Labute approximate surface area is 100 Å². The van der Waals surface area contributed by atoms with E-state index in [2.05, 4.69) is 9.97 Å². The fourth-order valence-electron chi connectivity index (χ4n) is 1.38. The quantitative estimate of drug-likeness (QED) is 0.853. The van der Waals surface area contributed by atoms with Crippen LogP contribution in [0.25, 0.3) is 11.4 Å². The molecule has 0 fully saturated rings. The number of nitrogens with zero attached hydrogens (tertiary/aromatic N) is 1. The van der Waals surface area contributed by atoms with Gasteiger partial charge >= 0.3 is 0 Å². The summed E-state index contributed by atoms with van der Waals surface area (Å²) in [6, 6.07) is 3.64. The number of halogens is 3. The summed E-state index contributed by atoms with van der Waals surface area (Å²) in [6.07, 6.45) is 0. The number of aryl methyl sites for hydroxylation is 1. The Bertz CT molecular complexity index is 640. The fourth-order valence-corrected chi connectivity index (χ4v) is 1.64. The second kappa shape index (κ2) is 4.25. The number of aromatic nitrogens is 2. The lowest BCUT2D eigenvalue weighted by Crippen LogP contribution is -2.15. The van der Waals surface area contributed by atoms with E-state index in [-0.39, 0.29) is 16.5 Å². The normalized spacial score (nSPS) is 10.6. The van der Waals surface area contributed by atoms with Gasteiger partial charge in [-0.15, -0.1) is 0 Å². The van der Waals surface area contributed by atoms with Crippen molar-refractivity contribution in [2.75, 3.05) is 0 Å². The van der Waals surface area contributed by atoms with Gasteiger partial charge in [-0.2, -0.15) is 4.39 Å². The first-order valence-corrected chi connectivity index (χ1v) is 5.08. The van der Waals surface area contributed by atoms with Crippen LogP contribution in [-0.2, 0) is 0 Å². The summed E-state index contributed by atoms with van der Waals surface area (Å²) in [5.74, 6) is -1.33. The Morgan fingerprint density at radius 1 is 1.35 bits per heavy atom. The zero-order chi connectivity index (χ0) is 12.6. The van der Waals surface area contributed by atoms with Gasteiger partial charge in [-0.1, -0.05) is 11.6 Å². The Kier molecular flexibility index (Phi) is 2.93. The molecule has 0 aliphatic heterocycles. The van der Waals surface area contributed by atoms with Crippen molar-refractivity contribution in [3.8, 4) is 11.4 Å². The highest BCUT2D eigenvalue weighted by Crippen LogP contribution is 2.25. The van der Waals surface area contributed by atoms with Crippen molar-refractivity contribution in [1.29, 1.82) is 0 Å².